The molecule has 19 heavy (non-hydrogen) atoms. The molecule has 0 aromatic heterocycles. The summed E-state index contributed by atoms with van der Waals surface area (Å²) < 4.78 is 5.65. The topological polar surface area (TPSA) is 29.5 Å². The summed E-state index contributed by atoms with van der Waals surface area (Å²) in [6.45, 7) is 11.2. The molecule has 1 rings (SSSR count). The molecule has 0 saturated heterocycles. The third-order valence-corrected chi connectivity index (χ3v) is 3.49. The van der Waals surface area contributed by atoms with E-state index in [0.717, 1.165) is 0 Å². The van der Waals surface area contributed by atoms with Gasteiger partial charge in [-0.1, -0.05) is 52.0 Å². The van der Waals surface area contributed by atoms with E-state index in [1.54, 1.807) is 0 Å². The molecule has 1 aromatic rings. The second-order valence-corrected chi connectivity index (χ2v) is 5.83. The molecule has 0 saturated carbocycles. The van der Waals surface area contributed by atoms with Gasteiger partial charge in [0.05, 0.1) is 12.2 Å². The van der Waals surface area contributed by atoms with Crippen LogP contribution in [0.2, 0.25) is 0 Å². The molecule has 2 atom stereocenters. The highest BCUT2D eigenvalue weighted by atomic mass is 16.5. The Bertz CT molecular complexity index is 354. The summed E-state index contributed by atoms with van der Waals surface area (Å²) in [4.78, 5) is 0. The molecule has 1 aromatic carbocycles. The molecular weight excluding hydrogens is 236 g/mol. The monoisotopic (exact) mass is 264 g/mol. The molecule has 2 unspecified atom stereocenters. The van der Waals surface area contributed by atoms with Crippen molar-refractivity contribution in [3.63, 3.8) is 0 Å². The Hall–Kier alpha value is -0.860. The first kappa shape index (κ1) is 16.2. The molecule has 108 valence electrons. The maximum atomic E-state index is 10.3. The molecule has 0 spiro atoms. The van der Waals surface area contributed by atoms with Crippen LogP contribution in [0.1, 0.15) is 51.7 Å². The Balaban J connectivity index is 2.66. The fourth-order valence-corrected chi connectivity index (χ4v) is 2.34. The quantitative estimate of drug-likeness (QED) is 0.812. The van der Waals surface area contributed by atoms with E-state index in [1.165, 1.54) is 11.1 Å². The number of aliphatic hydroxyl groups excluding tert-OH is 1. The number of aliphatic hydroxyl groups is 1. The van der Waals surface area contributed by atoms with Gasteiger partial charge in [0.2, 0.25) is 0 Å². The van der Waals surface area contributed by atoms with E-state index in [4.69, 9.17) is 4.74 Å². The zero-order chi connectivity index (χ0) is 14.4. The smallest absolute Gasteiger partial charge is 0.0859 e. The number of hydrogen-bond donors (Lipinski definition) is 1. The largest absolute Gasteiger partial charge is 0.390 e. The minimum Gasteiger partial charge on any atom is -0.390 e. The standard InChI is InChI=1S/C17H28O2/c1-6-19-17(13(4)5)16(18)11-14-7-9-15(10-8-14)12(2)3/h7-10,12-13,16-18H,6,11H2,1-5H3. The zero-order valence-electron chi connectivity index (χ0n) is 12.9. The lowest BCUT2D eigenvalue weighted by Crippen LogP contribution is -2.35. The normalized spacial score (nSPS) is 14.9. The second kappa shape index (κ2) is 7.66. The Kier molecular flexibility index (Phi) is 6.53. The first-order valence-electron chi connectivity index (χ1n) is 7.34. The van der Waals surface area contributed by atoms with E-state index >= 15 is 0 Å². The van der Waals surface area contributed by atoms with E-state index in [1.807, 2.05) is 6.92 Å². The molecule has 0 aliphatic heterocycles. The lowest BCUT2D eigenvalue weighted by atomic mass is 9.94. The summed E-state index contributed by atoms with van der Waals surface area (Å²) >= 11 is 0. The van der Waals surface area contributed by atoms with Crippen LogP contribution in [0.5, 0.6) is 0 Å². The van der Waals surface area contributed by atoms with Crippen LogP contribution in [-0.2, 0) is 11.2 Å². The highest BCUT2D eigenvalue weighted by Crippen LogP contribution is 2.18. The van der Waals surface area contributed by atoms with Crippen LogP contribution in [0.25, 0.3) is 0 Å². The van der Waals surface area contributed by atoms with Crippen molar-refractivity contribution in [1.82, 2.24) is 0 Å². The fourth-order valence-electron chi connectivity index (χ4n) is 2.34. The molecule has 0 heterocycles. The van der Waals surface area contributed by atoms with Gasteiger partial charge in [-0.3, -0.25) is 0 Å². The van der Waals surface area contributed by atoms with Gasteiger partial charge in [-0.2, -0.15) is 0 Å². The summed E-state index contributed by atoms with van der Waals surface area (Å²) in [5.41, 5.74) is 2.51. The maximum Gasteiger partial charge on any atom is 0.0859 e. The number of hydrogen-bond acceptors (Lipinski definition) is 2. The van der Waals surface area contributed by atoms with Crippen LogP contribution in [0.4, 0.5) is 0 Å². The number of rotatable bonds is 7. The summed E-state index contributed by atoms with van der Waals surface area (Å²) in [6.07, 6.45) is 0.126. The van der Waals surface area contributed by atoms with Gasteiger partial charge in [-0.05, 0) is 29.9 Å². The van der Waals surface area contributed by atoms with Crippen molar-refractivity contribution < 1.29 is 9.84 Å². The first-order valence-corrected chi connectivity index (χ1v) is 7.34. The molecule has 0 amide bonds. The van der Waals surface area contributed by atoms with Crippen molar-refractivity contribution in [2.75, 3.05) is 6.61 Å². The molecule has 1 N–H and O–H groups in total. The van der Waals surface area contributed by atoms with E-state index < -0.39 is 6.10 Å². The molecule has 0 bridgehead atoms. The highest BCUT2D eigenvalue weighted by Gasteiger charge is 2.23. The fraction of sp³-hybridized carbons (Fsp3) is 0.647. The third-order valence-electron chi connectivity index (χ3n) is 3.49. The van der Waals surface area contributed by atoms with E-state index in [2.05, 4.69) is 52.0 Å². The van der Waals surface area contributed by atoms with Crippen LogP contribution < -0.4 is 0 Å². The summed E-state index contributed by atoms with van der Waals surface area (Å²) in [5.74, 6) is 0.871. The lowest BCUT2D eigenvalue weighted by molar-refractivity contribution is -0.0562. The van der Waals surface area contributed by atoms with Gasteiger partial charge in [0.1, 0.15) is 0 Å². The molecule has 0 radical (unpaired) electrons. The van der Waals surface area contributed by atoms with Crippen LogP contribution in [-0.4, -0.2) is 23.9 Å². The van der Waals surface area contributed by atoms with Crippen LogP contribution in [0, 0.1) is 5.92 Å². The van der Waals surface area contributed by atoms with E-state index in [-0.39, 0.29) is 6.10 Å². The number of ether oxygens (including phenoxy) is 1. The Morgan fingerprint density at radius 1 is 1.05 bits per heavy atom. The number of benzene rings is 1. The van der Waals surface area contributed by atoms with Crippen molar-refractivity contribution in [1.29, 1.82) is 0 Å². The molecule has 2 nitrogen and oxygen atoms in total. The van der Waals surface area contributed by atoms with Gasteiger partial charge in [0, 0.05) is 13.0 Å². The summed E-state index contributed by atoms with van der Waals surface area (Å²) in [5, 5.41) is 10.3. The van der Waals surface area contributed by atoms with Gasteiger partial charge in [-0.25, -0.2) is 0 Å². The Morgan fingerprint density at radius 2 is 1.63 bits per heavy atom. The van der Waals surface area contributed by atoms with Gasteiger partial charge in [0.25, 0.3) is 0 Å². The zero-order valence-corrected chi connectivity index (χ0v) is 12.9. The average Bonchev–Trinajstić information content (AvgIpc) is 2.36. The van der Waals surface area contributed by atoms with Crippen molar-refractivity contribution in [2.45, 2.75) is 59.2 Å². The molecule has 2 heteroatoms. The average molecular weight is 264 g/mol. The van der Waals surface area contributed by atoms with Crippen molar-refractivity contribution in [3.8, 4) is 0 Å². The summed E-state index contributed by atoms with van der Waals surface area (Å²) in [7, 11) is 0. The van der Waals surface area contributed by atoms with Crippen molar-refractivity contribution in [3.05, 3.63) is 35.4 Å². The first-order chi connectivity index (χ1) is 8.95. The molecular formula is C17H28O2. The van der Waals surface area contributed by atoms with Crippen LogP contribution >= 0.6 is 0 Å². The molecule has 0 aliphatic rings. The molecule has 0 aliphatic carbocycles. The highest BCUT2D eigenvalue weighted by molar-refractivity contribution is 5.25. The van der Waals surface area contributed by atoms with Gasteiger partial charge >= 0.3 is 0 Å². The minimum atomic E-state index is -0.440. The molecule has 0 fully saturated rings. The van der Waals surface area contributed by atoms with Crippen molar-refractivity contribution in [2.24, 2.45) is 5.92 Å². The predicted octanol–water partition coefficient (Wildman–Crippen LogP) is 3.77. The predicted molar refractivity (Wildman–Crippen MR) is 80.5 cm³/mol. The maximum absolute atomic E-state index is 10.3. The third kappa shape index (κ3) is 4.96. The van der Waals surface area contributed by atoms with E-state index in [9.17, 15) is 5.11 Å². The summed E-state index contributed by atoms with van der Waals surface area (Å²) in [6, 6.07) is 8.53. The van der Waals surface area contributed by atoms with Crippen LogP contribution in [0.15, 0.2) is 24.3 Å². The van der Waals surface area contributed by atoms with Crippen molar-refractivity contribution >= 4 is 0 Å². The minimum absolute atomic E-state index is 0.0882. The Morgan fingerprint density at radius 3 is 2.05 bits per heavy atom. The van der Waals surface area contributed by atoms with Gasteiger partial charge in [-0.15, -0.1) is 0 Å². The Labute approximate surface area is 117 Å². The van der Waals surface area contributed by atoms with Gasteiger partial charge in [0.15, 0.2) is 0 Å². The van der Waals surface area contributed by atoms with E-state index in [0.29, 0.717) is 24.9 Å². The SMILES string of the molecule is CCOC(C(C)C)C(O)Cc1ccc(C(C)C)cc1. The lowest BCUT2D eigenvalue weighted by Gasteiger charge is -2.26. The second-order valence-electron chi connectivity index (χ2n) is 5.83. The van der Waals surface area contributed by atoms with Gasteiger partial charge < -0.3 is 9.84 Å². The van der Waals surface area contributed by atoms with Crippen LogP contribution in [0.3, 0.4) is 0 Å².